The molecule has 140 valence electrons. The number of hydrogen-bond donors (Lipinski definition) is 0. The van der Waals surface area contributed by atoms with E-state index >= 15 is 0 Å². The quantitative estimate of drug-likeness (QED) is 0.572. The third-order valence-corrected chi connectivity index (χ3v) is 5.16. The van der Waals surface area contributed by atoms with E-state index in [1.165, 1.54) is 0 Å². The van der Waals surface area contributed by atoms with Gasteiger partial charge in [0.05, 0.1) is 16.0 Å². The molecule has 1 amide bonds. The average molecular weight is 404 g/mol. The van der Waals surface area contributed by atoms with E-state index in [1.807, 2.05) is 13.8 Å². The summed E-state index contributed by atoms with van der Waals surface area (Å²) in [6.07, 6.45) is 0. The first kappa shape index (κ1) is 19.5. The summed E-state index contributed by atoms with van der Waals surface area (Å²) < 4.78 is 6.10. The highest BCUT2D eigenvalue weighted by molar-refractivity contribution is 6.35. The fourth-order valence-electron chi connectivity index (χ4n) is 3.09. The van der Waals surface area contributed by atoms with Crippen LogP contribution in [0.25, 0.3) is 22.3 Å². The summed E-state index contributed by atoms with van der Waals surface area (Å²) in [5.74, 6) is 0.139. The van der Waals surface area contributed by atoms with Crippen LogP contribution in [0.5, 0.6) is 0 Å². The Labute approximate surface area is 167 Å². The monoisotopic (exact) mass is 403 g/mol. The number of hydrogen-bond acceptors (Lipinski definition) is 3. The molecule has 2 aromatic carbocycles. The van der Waals surface area contributed by atoms with Crippen molar-refractivity contribution in [3.05, 3.63) is 67.8 Å². The van der Waals surface area contributed by atoms with Crippen LogP contribution in [-0.4, -0.2) is 23.9 Å². The average Bonchev–Trinajstić information content (AvgIpc) is 2.67. The Morgan fingerprint density at radius 3 is 2.48 bits per heavy atom. The second kappa shape index (κ2) is 7.75. The predicted molar refractivity (Wildman–Crippen MR) is 110 cm³/mol. The number of carbonyl (C=O) groups is 1. The summed E-state index contributed by atoms with van der Waals surface area (Å²) in [6, 6.07) is 9.99. The van der Waals surface area contributed by atoms with Gasteiger partial charge in [-0.3, -0.25) is 9.59 Å². The van der Waals surface area contributed by atoms with Gasteiger partial charge in [-0.25, -0.2) is 0 Å². The largest absolute Gasteiger partial charge is 0.455 e. The van der Waals surface area contributed by atoms with Gasteiger partial charge in [-0.2, -0.15) is 0 Å². The summed E-state index contributed by atoms with van der Waals surface area (Å²) in [5.41, 5.74) is 1.35. The van der Waals surface area contributed by atoms with Crippen LogP contribution in [0.3, 0.4) is 0 Å². The Morgan fingerprint density at radius 1 is 1.11 bits per heavy atom. The van der Waals surface area contributed by atoms with E-state index in [0.29, 0.717) is 51.0 Å². The minimum Gasteiger partial charge on any atom is -0.455 e. The third-order valence-electron chi connectivity index (χ3n) is 4.60. The summed E-state index contributed by atoms with van der Waals surface area (Å²) in [5, 5.41) is 1.26. The molecule has 0 atom stereocenters. The smallest absolute Gasteiger partial charge is 0.257 e. The molecular formula is C21H19Cl2NO3. The van der Waals surface area contributed by atoms with Gasteiger partial charge in [-0.1, -0.05) is 29.3 Å². The first-order chi connectivity index (χ1) is 12.9. The van der Waals surface area contributed by atoms with Gasteiger partial charge in [-0.05, 0) is 51.1 Å². The lowest BCUT2D eigenvalue weighted by atomic mass is 10.0. The second-order valence-electron chi connectivity index (χ2n) is 6.17. The predicted octanol–water partition coefficient (Wildman–Crippen LogP) is 5.56. The number of fused-ring (bicyclic) bond motifs is 1. The Morgan fingerprint density at radius 2 is 1.81 bits per heavy atom. The van der Waals surface area contributed by atoms with E-state index in [2.05, 4.69) is 0 Å². The van der Waals surface area contributed by atoms with Crippen molar-refractivity contribution in [2.24, 2.45) is 0 Å². The standard InChI is InChI=1S/C21H19Cl2NO3/c1-4-24(5-2)21(26)15-8-6-7-14-18(25)12(3)19(27-20(14)15)16-11-13(22)9-10-17(16)23/h6-11H,4-5H2,1-3H3. The molecule has 0 spiro atoms. The molecule has 0 saturated heterocycles. The highest BCUT2D eigenvalue weighted by Gasteiger charge is 2.21. The maximum Gasteiger partial charge on any atom is 0.257 e. The molecular weight excluding hydrogens is 385 g/mol. The highest BCUT2D eigenvalue weighted by atomic mass is 35.5. The van der Waals surface area contributed by atoms with E-state index in [9.17, 15) is 9.59 Å². The zero-order valence-corrected chi connectivity index (χ0v) is 16.8. The van der Waals surface area contributed by atoms with Gasteiger partial charge in [0.2, 0.25) is 0 Å². The van der Waals surface area contributed by atoms with Crippen LogP contribution in [0, 0.1) is 6.92 Å². The van der Waals surface area contributed by atoms with Crippen LogP contribution >= 0.6 is 23.2 Å². The third kappa shape index (κ3) is 3.47. The maximum absolute atomic E-state index is 12.9. The molecule has 0 aliphatic rings. The molecule has 27 heavy (non-hydrogen) atoms. The summed E-state index contributed by atoms with van der Waals surface area (Å²) in [4.78, 5) is 27.5. The number of rotatable bonds is 4. The van der Waals surface area contributed by atoms with Crippen LogP contribution in [0.4, 0.5) is 0 Å². The van der Waals surface area contributed by atoms with Crippen molar-refractivity contribution in [3.8, 4) is 11.3 Å². The highest BCUT2D eigenvalue weighted by Crippen LogP contribution is 2.34. The molecule has 6 heteroatoms. The van der Waals surface area contributed by atoms with Crippen molar-refractivity contribution >= 4 is 40.1 Å². The normalized spacial score (nSPS) is 11.0. The zero-order valence-electron chi connectivity index (χ0n) is 15.3. The molecule has 4 nitrogen and oxygen atoms in total. The Hall–Kier alpha value is -2.30. The molecule has 0 bridgehead atoms. The van der Waals surface area contributed by atoms with Crippen LogP contribution < -0.4 is 5.43 Å². The van der Waals surface area contributed by atoms with E-state index in [1.54, 1.807) is 48.2 Å². The lowest BCUT2D eigenvalue weighted by molar-refractivity contribution is 0.0774. The Kier molecular flexibility index (Phi) is 5.59. The van der Waals surface area contributed by atoms with Gasteiger partial charge < -0.3 is 9.32 Å². The van der Waals surface area contributed by atoms with Gasteiger partial charge in [-0.15, -0.1) is 0 Å². The van der Waals surface area contributed by atoms with Crippen LogP contribution in [0.1, 0.15) is 29.8 Å². The van der Waals surface area contributed by atoms with Crippen molar-refractivity contribution in [2.45, 2.75) is 20.8 Å². The molecule has 0 unspecified atom stereocenters. The summed E-state index contributed by atoms with van der Waals surface area (Å²) in [6.45, 7) is 6.62. The van der Waals surface area contributed by atoms with Crippen molar-refractivity contribution < 1.29 is 9.21 Å². The number of amides is 1. The van der Waals surface area contributed by atoms with Crippen molar-refractivity contribution in [3.63, 3.8) is 0 Å². The minimum atomic E-state index is -0.198. The molecule has 1 heterocycles. The molecule has 0 fully saturated rings. The van der Waals surface area contributed by atoms with Crippen LogP contribution in [0.2, 0.25) is 10.0 Å². The fraction of sp³-hybridized carbons (Fsp3) is 0.238. The SMILES string of the molecule is CCN(CC)C(=O)c1cccc2c(=O)c(C)c(-c3cc(Cl)ccc3Cl)oc12. The van der Waals surface area contributed by atoms with Gasteiger partial charge in [0.1, 0.15) is 5.76 Å². The van der Waals surface area contributed by atoms with E-state index in [-0.39, 0.29) is 16.9 Å². The topological polar surface area (TPSA) is 50.5 Å². The van der Waals surface area contributed by atoms with Gasteiger partial charge >= 0.3 is 0 Å². The Bertz CT molecular complexity index is 1080. The summed E-state index contributed by atoms with van der Waals surface area (Å²) in [7, 11) is 0. The second-order valence-corrected chi connectivity index (χ2v) is 7.01. The first-order valence-corrected chi connectivity index (χ1v) is 9.45. The first-order valence-electron chi connectivity index (χ1n) is 8.70. The number of para-hydroxylation sites is 1. The molecule has 0 aliphatic carbocycles. The van der Waals surface area contributed by atoms with E-state index in [0.717, 1.165) is 0 Å². The molecule has 1 aromatic heterocycles. The molecule has 0 radical (unpaired) electrons. The molecule has 0 saturated carbocycles. The zero-order chi connectivity index (χ0) is 19.7. The van der Waals surface area contributed by atoms with Crippen LogP contribution in [-0.2, 0) is 0 Å². The summed E-state index contributed by atoms with van der Waals surface area (Å²) >= 11 is 12.4. The molecule has 3 aromatic rings. The Balaban J connectivity index is 2.34. The lowest BCUT2D eigenvalue weighted by Crippen LogP contribution is -2.30. The van der Waals surface area contributed by atoms with Crippen LogP contribution in [0.15, 0.2) is 45.6 Å². The van der Waals surface area contributed by atoms with Crippen molar-refractivity contribution in [2.75, 3.05) is 13.1 Å². The van der Waals surface area contributed by atoms with E-state index in [4.69, 9.17) is 27.6 Å². The minimum absolute atomic E-state index is 0.180. The lowest BCUT2D eigenvalue weighted by Gasteiger charge is -2.19. The van der Waals surface area contributed by atoms with Crippen molar-refractivity contribution in [1.29, 1.82) is 0 Å². The van der Waals surface area contributed by atoms with Gasteiger partial charge in [0.25, 0.3) is 5.91 Å². The van der Waals surface area contributed by atoms with E-state index < -0.39 is 0 Å². The molecule has 0 N–H and O–H groups in total. The number of benzene rings is 2. The number of halogens is 2. The van der Waals surface area contributed by atoms with Gasteiger partial charge in [0.15, 0.2) is 11.0 Å². The fourth-order valence-corrected chi connectivity index (χ4v) is 3.46. The number of carbonyl (C=O) groups excluding carboxylic acids is 1. The molecule has 3 rings (SSSR count). The van der Waals surface area contributed by atoms with Crippen molar-refractivity contribution in [1.82, 2.24) is 4.90 Å². The molecule has 0 aliphatic heterocycles. The maximum atomic E-state index is 12.9. The van der Waals surface area contributed by atoms with Gasteiger partial charge in [0, 0.05) is 29.2 Å². The number of nitrogens with zero attached hydrogens (tertiary/aromatic N) is 1.